The average Bonchev–Trinajstić information content (AvgIpc) is 2.26. The van der Waals surface area contributed by atoms with Gasteiger partial charge in [-0.3, -0.25) is 0 Å². The van der Waals surface area contributed by atoms with Gasteiger partial charge in [-0.05, 0) is 24.1 Å². The average molecular weight is 247 g/mol. The van der Waals surface area contributed by atoms with Crippen LogP contribution in [0.3, 0.4) is 0 Å². The molecule has 17 heavy (non-hydrogen) atoms. The van der Waals surface area contributed by atoms with Crippen LogP contribution < -0.4 is 5.73 Å². The highest BCUT2D eigenvalue weighted by molar-refractivity contribution is 5.95. The molecule has 1 rings (SSSR count). The summed E-state index contributed by atoms with van der Waals surface area (Å²) in [5.41, 5.74) is 4.34. The van der Waals surface area contributed by atoms with E-state index in [0.29, 0.717) is 0 Å². The first-order valence-electron chi connectivity index (χ1n) is 4.89. The molecule has 0 bridgehead atoms. The van der Waals surface area contributed by atoms with Crippen LogP contribution in [0.5, 0.6) is 0 Å². The molecule has 0 heterocycles. The Bertz CT molecular complexity index is 441. The molecule has 0 radical (unpaired) electrons. The standard InChI is InChI=1S/C11H12F3NO2/c1-3-6-4-7(10(16)17-2)9(15)5-8(6)11(12,13)14/h4-5H,3,15H2,1-2H3. The number of carbonyl (C=O) groups is 1. The molecule has 0 amide bonds. The van der Waals surface area contributed by atoms with E-state index in [4.69, 9.17) is 5.73 Å². The predicted molar refractivity (Wildman–Crippen MR) is 56.6 cm³/mol. The van der Waals surface area contributed by atoms with Gasteiger partial charge >= 0.3 is 12.1 Å². The maximum absolute atomic E-state index is 12.7. The number of nitrogens with two attached hydrogens (primary N) is 1. The Hall–Kier alpha value is -1.72. The van der Waals surface area contributed by atoms with Gasteiger partial charge in [0.1, 0.15) is 0 Å². The van der Waals surface area contributed by atoms with Gasteiger partial charge in [0.05, 0.1) is 18.2 Å². The van der Waals surface area contributed by atoms with Crippen LogP contribution in [0.2, 0.25) is 0 Å². The summed E-state index contributed by atoms with van der Waals surface area (Å²) in [7, 11) is 1.14. The Balaban J connectivity index is 3.40. The summed E-state index contributed by atoms with van der Waals surface area (Å²) in [5, 5.41) is 0. The third-order valence-corrected chi connectivity index (χ3v) is 2.37. The van der Waals surface area contributed by atoms with E-state index in [9.17, 15) is 18.0 Å². The molecule has 0 saturated carbocycles. The van der Waals surface area contributed by atoms with Crippen molar-refractivity contribution in [3.8, 4) is 0 Å². The van der Waals surface area contributed by atoms with Crippen LogP contribution in [0, 0.1) is 0 Å². The third-order valence-electron chi connectivity index (χ3n) is 2.37. The molecule has 0 aliphatic heterocycles. The van der Waals surface area contributed by atoms with Crippen LogP contribution >= 0.6 is 0 Å². The molecular weight excluding hydrogens is 235 g/mol. The Morgan fingerprint density at radius 3 is 2.41 bits per heavy atom. The number of benzene rings is 1. The minimum atomic E-state index is -4.48. The van der Waals surface area contributed by atoms with E-state index in [-0.39, 0.29) is 23.2 Å². The van der Waals surface area contributed by atoms with Gasteiger partial charge < -0.3 is 10.5 Å². The van der Waals surface area contributed by atoms with E-state index < -0.39 is 17.7 Å². The largest absolute Gasteiger partial charge is 0.465 e. The van der Waals surface area contributed by atoms with Crippen molar-refractivity contribution in [3.63, 3.8) is 0 Å². The lowest BCUT2D eigenvalue weighted by Crippen LogP contribution is -2.13. The monoisotopic (exact) mass is 247 g/mol. The zero-order valence-corrected chi connectivity index (χ0v) is 9.39. The highest BCUT2D eigenvalue weighted by Crippen LogP contribution is 2.35. The number of carbonyl (C=O) groups excluding carboxylic acids is 1. The topological polar surface area (TPSA) is 52.3 Å². The summed E-state index contributed by atoms with van der Waals surface area (Å²) >= 11 is 0. The number of ether oxygens (including phenoxy) is 1. The van der Waals surface area contributed by atoms with E-state index in [0.717, 1.165) is 19.2 Å². The molecule has 0 fully saturated rings. The molecule has 1 aromatic carbocycles. The number of halogens is 3. The minimum Gasteiger partial charge on any atom is -0.465 e. The maximum atomic E-state index is 12.7. The van der Waals surface area contributed by atoms with Crippen LogP contribution in [-0.2, 0) is 17.3 Å². The Morgan fingerprint density at radius 1 is 1.41 bits per heavy atom. The van der Waals surface area contributed by atoms with Crippen molar-refractivity contribution in [1.82, 2.24) is 0 Å². The van der Waals surface area contributed by atoms with Gasteiger partial charge in [0.2, 0.25) is 0 Å². The SMILES string of the molecule is CCc1cc(C(=O)OC)c(N)cc1C(F)(F)F. The van der Waals surface area contributed by atoms with Gasteiger partial charge in [0.25, 0.3) is 0 Å². The van der Waals surface area contributed by atoms with E-state index in [1.54, 1.807) is 6.92 Å². The van der Waals surface area contributed by atoms with Crippen LogP contribution in [0.15, 0.2) is 12.1 Å². The number of methoxy groups -OCH3 is 1. The second kappa shape index (κ2) is 4.65. The second-order valence-electron chi connectivity index (χ2n) is 3.44. The van der Waals surface area contributed by atoms with Gasteiger partial charge in [-0.25, -0.2) is 4.79 Å². The first-order valence-corrected chi connectivity index (χ1v) is 4.89. The van der Waals surface area contributed by atoms with Gasteiger partial charge in [-0.15, -0.1) is 0 Å². The summed E-state index contributed by atoms with van der Waals surface area (Å²) in [6.07, 6.45) is -4.33. The molecule has 0 aliphatic carbocycles. The molecule has 3 nitrogen and oxygen atoms in total. The lowest BCUT2D eigenvalue weighted by Gasteiger charge is -2.14. The third kappa shape index (κ3) is 2.69. The van der Waals surface area contributed by atoms with Gasteiger partial charge in [0, 0.05) is 5.69 Å². The van der Waals surface area contributed by atoms with Gasteiger partial charge in [0.15, 0.2) is 0 Å². The van der Waals surface area contributed by atoms with Gasteiger partial charge in [-0.1, -0.05) is 6.92 Å². The van der Waals surface area contributed by atoms with Crippen molar-refractivity contribution in [3.05, 3.63) is 28.8 Å². The van der Waals surface area contributed by atoms with Crippen molar-refractivity contribution in [1.29, 1.82) is 0 Å². The highest BCUT2D eigenvalue weighted by Gasteiger charge is 2.34. The fourth-order valence-electron chi connectivity index (χ4n) is 1.50. The van der Waals surface area contributed by atoms with Gasteiger partial charge in [-0.2, -0.15) is 13.2 Å². The normalized spacial score (nSPS) is 11.4. The quantitative estimate of drug-likeness (QED) is 0.645. The number of rotatable bonds is 2. The van der Waals surface area contributed by atoms with Crippen molar-refractivity contribution >= 4 is 11.7 Å². The van der Waals surface area contributed by atoms with E-state index in [1.165, 1.54) is 0 Å². The number of hydrogen-bond donors (Lipinski definition) is 1. The molecule has 0 aliphatic rings. The molecule has 1 aromatic rings. The number of esters is 1. The van der Waals surface area contributed by atoms with E-state index in [1.807, 2.05) is 0 Å². The Labute approximate surface area is 96.4 Å². The summed E-state index contributed by atoms with van der Waals surface area (Å²) in [4.78, 5) is 11.3. The predicted octanol–water partition coefficient (Wildman–Crippen LogP) is 2.64. The van der Waals surface area contributed by atoms with Crippen molar-refractivity contribution in [2.45, 2.75) is 19.5 Å². The molecule has 94 valence electrons. The number of nitrogen functional groups attached to an aromatic ring is 1. The summed E-state index contributed by atoms with van der Waals surface area (Å²) in [6, 6.07) is 1.90. The molecule has 2 N–H and O–H groups in total. The van der Waals surface area contributed by atoms with Crippen LogP contribution in [0.1, 0.15) is 28.4 Å². The van der Waals surface area contributed by atoms with Crippen molar-refractivity contribution in [2.24, 2.45) is 0 Å². The van der Waals surface area contributed by atoms with Crippen molar-refractivity contribution in [2.75, 3.05) is 12.8 Å². The fourth-order valence-corrected chi connectivity index (χ4v) is 1.50. The van der Waals surface area contributed by atoms with Crippen LogP contribution in [0.4, 0.5) is 18.9 Å². The Morgan fingerprint density at radius 2 is 2.00 bits per heavy atom. The molecule has 0 spiro atoms. The number of alkyl halides is 3. The maximum Gasteiger partial charge on any atom is 0.416 e. The van der Waals surface area contributed by atoms with E-state index in [2.05, 4.69) is 4.74 Å². The number of aryl methyl sites for hydroxylation is 1. The lowest BCUT2D eigenvalue weighted by molar-refractivity contribution is -0.138. The Kier molecular flexibility index (Phi) is 3.65. The van der Waals surface area contributed by atoms with Crippen LogP contribution in [-0.4, -0.2) is 13.1 Å². The zero-order valence-electron chi connectivity index (χ0n) is 9.39. The molecule has 0 unspecified atom stereocenters. The molecule has 6 heteroatoms. The fraction of sp³-hybridized carbons (Fsp3) is 0.364. The number of hydrogen-bond acceptors (Lipinski definition) is 3. The number of anilines is 1. The smallest absolute Gasteiger partial charge is 0.416 e. The summed E-state index contributed by atoms with van der Waals surface area (Å²) in [6.45, 7) is 1.57. The van der Waals surface area contributed by atoms with Crippen molar-refractivity contribution < 1.29 is 22.7 Å². The van der Waals surface area contributed by atoms with E-state index >= 15 is 0 Å². The lowest BCUT2D eigenvalue weighted by atomic mass is 9.99. The summed E-state index contributed by atoms with van der Waals surface area (Å²) in [5.74, 6) is -0.745. The van der Waals surface area contributed by atoms with Crippen LogP contribution in [0.25, 0.3) is 0 Å². The molecule has 0 aromatic heterocycles. The first-order chi connectivity index (χ1) is 7.81. The highest BCUT2D eigenvalue weighted by atomic mass is 19.4. The molecular formula is C11H12F3NO2. The summed E-state index contributed by atoms with van der Waals surface area (Å²) < 4.78 is 42.4. The molecule has 0 saturated heterocycles. The first kappa shape index (κ1) is 13.3. The minimum absolute atomic E-state index is 0.0205. The molecule has 0 atom stereocenters. The zero-order chi connectivity index (χ0) is 13.2. The second-order valence-corrected chi connectivity index (χ2v) is 3.44.